The van der Waals surface area contributed by atoms with Crippen molar-refractivity contribution >= 4 is 17.7 Å². The van der Waals surface area contributed by atoms with Crippen LogP contribution in [0.25, 0.3) is 0 Å². The van der Waals surface area contributed by atoms with Gasteiger partial charge in [-0.1, -0.05) is 36.8 Å². The van der Waals surface area contributed by atoms with Crippen molar-refractivity contribution in [2.45, 2.75) is 76.7 Å². The largest absolute Gasteiger partial charge is 0.370 e. The molecule has 7 nitrogen and oxygen atoms in total. The Bertz CT molecular complexity index is 690. The summed E-state index contributed by atoms with van der Waals surface area (Å²) in [5, 5.41) is 6.31. The van der Waals surface area contributed by atoms with E-state index in [2.05, 4.69) is 34.9 Å². The molecule has 1 atom stereocenters. The fraction of sp³-hybridized carbons (Fsp3) is 0.640. The maximum atomic E-state index is 12.7. The molecule has 1 aromatic rings. The Morgan fingerprint density at radius 2 is 1.62 bits per heavy atom. The normalized spacial score (nSPS) is 14.3. The first-order valence-electron chi connectivity index (χ1n) is 12.2. The van der Waals surface area contributed by atoms with E-state index in [-0.39, 0.29) is 30.2 Å². The number of carbonyl (C=O) groups is 3. The fourth-order valence-corrected chi connectivity index (χ4v) is 4.04. The minimum absolute atomic E-state index is 0.0791. The molecule has 2 rings (SSSR count). The molecule has 1 saturated heterocycles. The number of nitrogens with zero attached hydrogens (tertiary/aromatic N) is 1. The van der Waals surface area contributed by atoms with Crippen LogP contribution >= 0.6 is 0 Å². The molecule has 0 saturated carbocycles. The van der Waals surface area contributed by atoms with E-state index in [0.29, 0.717) is 19.4 Å². The van der Waals surface area contributed by atoms with E-state index < -0.39 is 0 Å². The van der Waals surface area contributed by atoms with Crippen molar-refractivity contribution in [2.24, 2.45) is 5.73 Å². The van der Waals surface area contributed by atoms with Crippen molar-refractivity contribution in [3.8, 4) is 0 Å². The summed E-state index contributed by atoms with van der Waals surface area (Å²) in [6.07, 6.45) is 9.04. The highest BCUT2D eigenvalue weighted by Crippen LogP contribution is 2.12. The zero-order chi connectivity index (χ0) is 23.0. The first-order chi connectivity index (χ1) is 15.6. The molecule has 1 aromatic carbocycles. The third kappa shape index (κ3) is 10.8. The maximum Gasteiger partial charge on any atom is 0.239 e. The SMILES string of the molecule is NC(=O)CC[C@H](NCCCCCC(=O)NCCCCc1ccccc1)C(=O)N1CCCC1. The van der Waals surface area contributed by atoms with Crippen molar-refractivity contribution in [2.75, 3.05) is 26.2 Å². The van der Waals surface area contributed by atoms with Crippen LogP contribution in [0, 0.1) is 0 Å². The van der Waals surface area contributed by atoms with Crippen LogP contribution in [0.3, 0.4) is 0 Å². The lowest BCUT2D eigenvalue weighted by Crippen LogP contribution is -2.46. The highest BCUT2D eigenvalue weighted by atomic mass is 16.2. The van der Waals surface area contributed by atoms with Crippen LogP contribution in [0.1, 0.15) is 69.8 Å². The van der Waals surface area contributed by atoms with Gasteiger partial charge in [-0.3, -0.25) is 14.4 Å². The molecule has 0 aliphatic carbocycles. The fourth-order valence-electron chi connectivity index (χ4n) is 4.04. The van der Waals surface area contributed by atoms with Gasteiger partial charge < -0.3 is 21.3 Å². The molecule has 1 aliphatic heterocycles. The summed E-state index contributed by atoms with van der Waals surface area (Å²) in [6, 6.07) is 10.1. The lowest BCUT2D eigenvalue weighted by atomic mass is 10.1. The summed E-state index contributed by atoms with van der Waals surface area (Å²) in [5.74, 6) is -0.186. The number of likely N-dealkylation sites (tertiary alicyclic amines) is 1. The zero-order valence-corrected chi connectivity index (χ0v) is 19.3. The first kappa shape index (κ1) is 25.8. The molecule has 178 valence electrons. The molecule has 1 fully saturated rings. The Labute approximate surface area is 192 Å². The predicted molar refractivity (Wildman–Crippen MR) is 127 cm³/mol. The third-order valence-electron chi connectivity index (χ3n) is 5.92. The molecule has 0 aromatic heterocycles. The van der Waals surface area contributed by atoms with Crippen LogP contribution in [-0.2, 0) is 20.8 Å². The minimum Gasteiger partial charge on any atom is -0.370 e. The van der Waals surface area contributed by atoms with Gasteiger partial charge in [0.05, 0.1) is 6.04 Å². The van der Waals surface area contributed by atoms with E-state index in [9.17, 15) is 14.4 Å². The topological polar surface area (TPSA) is 105 Å². The highest BCUT2D eigenvalue weighted by Gasteiger charge is 2.26. The molecular formula is C25H40N4O3. The Balaban J connectivity index is 1.51. The molecule has 32 heavy (non-hydrogen) atoms. The summed E-state index contributed by atoms with van der Waals surface area (Å²) in [7, 11) is 0. The summed E-state index contributed by atoms with van der Waals surface area (Å²) >= 11 is 0. The van der Waals surface area contributed by atoms with Gasteiger partial charge in [0.2, 0.25) is 17.7 Å². The van der Waals surface area contributed by atoms with E-state index in [1.54, 1.807) is 0 Å². The number of primary amides is 1. The number of benzene rings is 1. The van der Waals surface area contributed by atoms with Gasteiger partial charge in [0.1, 0.15) is 0 Å². The molecule has 3 amide bonds. The molecule has 0 unspecified atom stereocenters. The molecule has 0 radical (unpaired) electrons. The second kappa shape index (κ2) is 15.4. The van der Waals surface area contributed by atoms with E-state index in [4.69, 9.17) is 5.73 Å². The molecular weight excluding hydrogens is 404 g/mol. The van der Waals surface area contributed by atoms with E-state index in [1.165, 1.54) is 5.56 Å². The summed E-state index contributed by atoms with van der Waals surface area (Å²) in [4.78, 5) is 37.6. The summed E-state index contributed by atoms with van der Waals surface area (Å²) < 4.78 is 0. The molecule has 7 heteroatoms. The number of unbranched alkanes of at least 4 members (excludes halogenated alkanes) is 3. The van der Waals surface area contributed by atoms with Gasteiger partial charge in [-0.2, -0.15) is 0 Å². The average Bonchev–Trinajstić information content (AvgIpc) is 3.33. The Kier molecular flexibility index (Phi) is 12.4. The van der Waals surface area contributed by atoms with Crippen molar-refractivity contribution in [1.82, 2.24) is 15.5 Å². The van der Waals surface area contributed by atoms with Gasteiger partial charge in [-0.15, -0.1) is 0 Å². The van der Waals surface area contributed by atoms with E-state index in [1.807, 2.05) is 11.0 Å². The number of carbonyl (C=O) groups excluding carboxylic acids is 3. The molecule has 1 aliphatic rings. The second-order valence-electron chi connectivity index (χ2n) is 8.65. The zero-order valence-electron chi connectivity index (χ0n) is 19.3. The van der Waals surface area contributed by atoms with Crippen LogP contribution in [0.2, 0.25) is 0 Å². The van der Waals surface area contributed by atoms with Crippen molar-refractivity contribution < 1.29 is 14.4 Å². The van der Waals surface area contributed by atoms with Crippen molar-refractivity contribution in [3.05, 3.63) is 35.9 Å². The monoisotopic (exact) mass is 444 g/mol. The predicted octanol–water partition coefficient (Wildman–Crippen LogP) is 2.53. The number of nitrogens with two attached hydrogens (primary N) is 1. The highest BCUT2D eigenvalue weighted by molar-refractivity contribution is 5.83. The number of hydrogen-bond acceptors (Lipinski definition) is 4. The minimum atomic E-state index is -0.378. The van der Waals surface area contributed by atoms with E-state index >= 15 is 0 Å². The first-order valence-corrected chi connectivity index (χ1v) is 12.2. The van der Waals surface area contributed by atoms with Crippen molar-refractivity contribution in [3.63, 3.8) is 0 Å². The standard InChI is InChI=1S/C25H40N4O3/c26-23(30)16-15-22(25(32)29-19-9-10-20-29)27-17-7-2-5-14-24(31)28-18-8-6-13-21-11-3-1-4-12-21/h1,3-4,11-12,22,27H,2,5-10,13-20H2,(H2,26,30)(H,28,31)/t22-/m0/s1. The number of hydrogen-bond donors (Lipinski definition) is 3. The second-order valence-corrected chi connectivity index (χ2v) is 8.65. The quantitative estimate of drug-likeness (QED) is 0.341. The molecule has 0 spiro atoms. The maximum absolute atomic E-state index is 12.7. The number of nitrogens with one attached hydrogen (secondary N) is 2. The lowest BCUT2D eigenvalue weighted by Gasteiger charge is -2.24. The Morgan fingerprint density at radius 3 is 2.34 bits per heavy atom. The molecule has 0 bridgehead atoms. The number of aryl methyl sites for hydroxylation is 1. The van der Waals surface area contributed by atoms with Crippen LogP contribution in [0.4, 0.5) is 0 Å². The van der Waals surface area contributed by atoms with Crippen molar-refractivity contribution in [1.29, 1.82) is 0 Å². The van der Waals surface area contributed by atoms with Crippen LogP contribution in [-0.4, -0.2) is 54.8 Å². The smallest absolute Gasteiger partial charge is 0.239 e. The van der Waals surface area contributed by atoms with Gasteiger partial charge in [0, 0.05) is 32.5 Å². The number of rotatable bonds is 16. The van der Waals surface area contributed by atoms with Gasteiger partial charge in [-0.05, 0) is 63.5 Å². The molecule has 4 N–H and O–H groups in total. The van der Waals surface area contributed by atoms with Gasteiger partial charge in [-0.25, -0.2) is 0 Å². The average molecular weight is 445 g/mol. The number of amides is 3. The van der Waals surface area contributed by atoms with Crippen LogP contribution in [0.5, 0.6) is 0 Å². The van der Waals surface area contributed by atoms with E-state index in [0.717, 1.165) is 71.0 Å². The van der Waals surface area contributed by atoms with Crippen LogP contribution in [0.15, 0.2) is 30.3 Å². The van der Waals surface area contributed by atoms with Gasteiger partial charge in [0.25, 0.3) is 0 Å². The summed E-state index contributed by atoms with van der Waals surface area (Å²) in [6.45, 7) is 3.03. The third-order valence-corrected chi connectivity index (χ3v) is 5.92. The van der Waals surface area contributed by atoms with Gasteiger partial charge >= 0.3 is 0 Å². The summed E-state index contributed by atoms with van der Waals surface area (Å²) in [5.41, 5.74) is 6.60. The lowest BCUT2D eigenvalue weighted by molar-refractivity contribution is -0.132. The molecule has 1 heterocycles. The van der Waals surface area contributed by atoms with Crippen LogP contribution < -0.4 is 16.4 Å². The Hall–Kier alpha value is -2.41. The van der Waals surface area contributed by atoms with Gasteiger partial charge in [0.15, 0.2) is 0 Å². The Morgan fingerprint density at radius 1 is 0.906 bits per heavy atom.